The lowest BCUT2D eigenvalue weighted by Crippen LogP contribution is -2.29. The highest BCUT2D eigenvalue weighted by Crippen LogP contribution is 2.42. The zero-order valence-electron chi connectivity index (χ0n) is 22.1. The number of hydrogen-bond donors (Lipinski definition) is 1. The molecule has 38 heavy (non-hydrogen) atoms. The molecule has 0 spiro atoms. The quantitative estimate of drug-likeness (QED) is 0.147. The van der Waals surface area contributed by atoms with Gasteiger partial charge in [-0.05, 0) is 55.7 Å². The van der Waals surface area contributed by atoms with Gasteiger partial charge < -0.3 is 19.5 Å². The summed E-state index contributed by atoms with van der Waals surface area (Å²) in [5.41, 5.74) is 3.02. The maximum Gasteiger partial charge on any atom is 0.295 e. The molecule has 7 nitrogen and oxygen atoms in total. The smallest absolute Gasteiger partial charge is 0.295 e. The Bertz CT molecular complexity index is 1300. The Morgan fingerprint density at radius 1 is 0.947 bits per heavy atom. The molecule has 1 atom stereocenters. The number of likely N-dealkylation sites (tertiary alicyclic amines) is 1. The van der Waals surface area contributed by atoms with E-state index in [1.807, 2.05) is 38.1 Å². The number of amides is 1. The molecule has 0 saturated carbocycles. The van der Waals surface area contributed by atoms with Crippen LogP contribution in [0.15, 0.2) is 72.6 Å². The Morgan fingerprint density at radius 3 is 2.37 bits per heavy atom. The number of Topliss-reactive ketones (excluding diaryl/α,β-unsaturated/α-hetero) is 1. The minimum atomic E-state index is -0.808. The summed E-state index contributed by atoms with van der Waals surface area (Å²) < 4.78 is 11.9. The number of rotatable bonds is 11. The van der Waals surface area contributed by atoms with Crippen LogP contribution in [0, 0.1) is 6.92 Å². The SMILES string of the molecule is CCCCCOc1ccc(C2C(=C(O)c3ccc(C)cc3)C(=O)C(=O)N2Cc2ccncc2)cc1OCC. The molecule has 1 N–H and O–H groups in total. The summed E-state index contributed by atoms with van der Waals surface area (Å²) in [4.78, 5) is 32.2. The number of nitrogens with zero attached hydrogens (tertiary/aromatic N) is 2. The van der Waals surface area contributed by atoms with Gasteiger partial charge in [-0.25, -0.2) is 0 Å². The van der Waals surface area contributed by atoms with Gasteiger partial charge in [0.05, 0.1) is 24.8 Å². The van der Waals surface area contributed by atoms with Crippen molar-refractivity contribution < 1.29 is 24.2 Å². The first kappa shape index (κ1) is 26.9. The van der Waals surface area contributed by atoms with E-state index in [9.17, 15) is 14.7 Å². The van der Waals surface area contributed by atoms with E-state index >= 15 is 0 Å². The number of carbonyl (C=O) groups is 2. The zero-order valence-corrected chi connectivity index (χ0v) is 22.1. The maximum atomic E-state index is 13.4. The summed E-state index contributed by atoms with van der Waals surface area (Å²) in [5, 5.41) is 11.3. The Balaban J connectivity index is 1.80. The Labute approximate surface area is 223 Å². The number of aryl methyl sites for hydroxylation is 1. The molecule has 1 saturated heterocycles. The fraction of sp³-hybridized carbons (Fsp3) is 0.323. The van der Waals surface area contributed by atoms with Crippen LogP contribution in [0.2, 0.25) is 0 Å². The summed E-state index contributed by atoms with van der Waals surface area (Å²) in [5.74, 6) is -0.454. The molecule has 2 heterocycles. The molecule has 1 aliphatic rings. The van der Waals surface area contributed by atoms with Crippen LogP contribution in [0.1, 0.15) is 61.4 Å². The monoisotopic (exact) mass is 514 g/mol. The van der Waals surface area contributed by atoms with Crippen molar-refractivity contribution in [3.63, 3.8) is 0 Å². The highest BCUT2D eigenvalue weighted by atomic mass is 16.5. The molecule has 1 aliphatic heterocycles. The van der Waals surface area contributed by atoms with Crippen molar-refractivity contribution in [1.29, 1.82) is 0 Å². The van der Waals surface area contributed by atoms with Crippen LogP contribution >= 0.6 is 0 Å². The third-order valence-corrected chi connectivity index (χ3v) is 6.56. The second-order valence-electron chi connectivity index (χ2n) is 9.34. The second-order valence-corrected chi connectivity index (χ2v) is 9.34. The Kier molecular flexibility index (Phi) is 8.79. The number of ether oxygens (including phenoxy) is 2. The molecule has 1 unspecified atom stereocenters. The fourth-order valence-electron chi connectivity index (χ4n) is 4.56. The molecule has 1 aromatic heterocycles. The summed E-state index contributed by atoms with van der Waals surface area (Å²) in [6.07, 6.45) is 6.39. The lowest BCUT2D eigenvalue weighted by atomic mass is 9.94. The van der Waals surface area contributed by atoms with Gasteiger partial charge in [0.2, 0.25) is 0 Å². The van der Waals surface area contributed by atoms with Gasteiger partial charge in [0.1, 0.15) is 5.76 Å². The van der Waals surface area contributed by atoms with E-state index in [1.165, 1.54) is 4.90 Å². The number of aliphatic hydroxyl groups excluding tert-OH is 1. The molecule has 1 fully saturated rings. The fourth-order valence-corrected chi connectivity index (χ4v) is 4.56. The lowest BCUT2D eigenvalue weighted by molar-refractivity contribution is -0.140. The molecular weight excluding hydrogens is 480 g/mol. The van der Waals surface area contributed by atoms with Crippen LogP contribution in [-0.4, -0.2) is 39.9 Å². The average molecular weight is 515 g/mol. The van der Waals surface area contributed by atoms with Crippen molar-refractivity contribution in [3.05, 3.63) is 94.8 Å². The summed E-state index contributed by atoms with van der Waals surface area (Å²) in [6.45, 7) is 7.15. The molecular formula is C31H34N2O5. The van der Waals surface area contributed by atoms with E-state index < -0.39 is 17.7 Å². The number of aromatic nitrogens is 1. The number of carbonyl (C=O) groups excluding carboxylic acids is 2. The van der Waals surface area contributed by atoms with Crippen molar-refractivity contribution >= 4 is 17.4 Å². The second kappa shape index (κ2) is 12.4. The van der Waals surface area contributed by atoms with Gasteiger partial charge >= 0.3 is 0 Å². The highest BCUT2D eigenvalue weighted by Gasteiger charge is 2.46. The van der Waals surface area contributed by atoms with Crippen molar-refractivity contribution in [1.82, 2.24) is 9.88 Å². The van der Waals surface area contributed by atoms with E-state index in [0.29, 0.717) is 35.8 Å². The van der Waals surface area contributed by atoms with Crippen LogP contribution < -0.4 is 9.47 Å². The van der Waals surface area contributed by atoms with Crippen LogP contribution in [0.3, 0.4) is 0 Å². The summed E-state index contributed by atoms with van der Waals surface area (Å²) in [6, 6.07) is 15.4. The van der Waals surface area contributed by atoms with Crippen molar-refractivity contribution in [2.75, 3.05) is 13.2 Å². The van der Waals surface area contributed by atoms with Gasteiger partial charge in [0, 0.05) is 24.5 Å². The topological polar surface area (TPSA) is 89.0 Å². The molecule has 0 aliphatic carbocycles. The average Bonchev–Trinajstić information content (AvgIpc) is 3.17. The number of pyridine rings is 1. The predicted octanol–water partition coefficient (Wildman–Crippen LogP) is 5.98. The minimum absolute atomic E-state index is 0.0481. The third-order valence-electron chi connectivity index (χ3n) is 6.56. The van der Waals surface area contributed by atoms with Crippen LogP contribution in [0.5, 0.6) is 11.5 Å². The van der Waals surface area contributed by atoms with E-state index in [-0.39, 0.29) is 17.9 Å². The molecule has 0 bridgehead atoms. The van der Waals surface area contributed by atoms with Crippen molar-refractivity contribution in [2.24, 2.45) is 0 Å². The first-order valence-electron chi connectivity index (χ1n) is 13.1. The number of unbranched alkanes of at least 4 members (excludes halogenated alkanes) is 2. The zero-order chi connectivity index (χ0) is 27.1. The molecule has 3 aromatic rings. The molecule has 2 aromatic carbocycles. The van der Waals surface area contributed by atoms with Crippen LogP contribution in [0.25, 0.3) is 5.76 Å². The Hall–Kier alpha value is -4.13. The standard InChI is InChI=1S/C31H34N2O5/c1-4-6-7-18-38-25-13-12-24(19-26(25)37-5-2)28-27(29(34)23-10-8-21(3)9-11-23)30(35)31(36)33(28)20-22-14-16-32-17-15-22/h8-17,19,28,34H,4-7,18,20H2,1-3H3. The van der Waals surface area contributed by atoms with E-state index in [2.05, 4.69) is 11.9 Å². The van der Waals surface area contributed by atoms with Gasteiger partial charge in [-0.3, -0.25) is 14.6 Å². The minimum Gasteiger partial charge on any atom is -0.507 e. The van der Waals surface area contributed by atoms with Gasteiger partial charge in [-0.1, -0.05) is 55.7 Å². The highest BCUT2D eigenvalue weighted by molar-refractivity contribution is 6.46. The van der Waals surface area contributed by atoms with Crippen LogP contribution in [-0.2, 0) is 16.1 Å². The molecule has 1 amide bonds. The lowest BCUT2D eigenvalue weighted by Gasteiger charge is -2.26. The van der Waals surface area contributed by atoms with E-state index in [1.54, 1.807) is 42.7 Å². The number of ketones is 1. The van der Waals surface area contributed by atoms with Gasteiger partial charge in [-0.15, -0.1) is 0 Å². The normalized spacial score (nSPS) is 16.6. The molecule has 7 heteroatoms. The summed E-state index contributed by atoms with van der Waals surface area (Å²) >= 11 is 0. The summed E-state index contributed by atoms with van der Waals surface area (Å²) in [7, 11) is 0. The number of benzene rings is 2. The molecule has 0 radical (unpaired) electrons. The number of hydrogen-bond acceptors (Lipinski definition) is 6. The maximum absolute atomic E-state index is 13.4. The third kappa shape index (κ3) is 5.88. The van der Waals surface area contributed by atoms with E-state index in [4.69, 9.17) is 9.47 Å². The van der Waals surface area contributed by atoms with Gasteiger partial charge in [0.25, 0.3) is 11.7 Å². The van der Waals surface area contributed by atoms with Crippen molar-refractivity contribution in [2.45, 2.75) is 52.6 Å². The largest absolute Gasteiger partial charge is 0.507 e. The first-order chi connectivity index (χ1) is 18.4. The van der Waals surface area contributed by atoms with Crippen molar-refractivity contribution in [3.8, 4) is 11.5 Å². The number of aliphatic hydroxyl groups is 1. The predicted molar refractivity (Wildman–Crippen MR) is 146 cm³/mol. The van der Waals surface area contributed by atoms with E-state index in [0.717, 1.165) is 30.4 Å². The van der Waals surface area contributed by atoms with Crippen LogP contribution in [0.4, 0.5) is 0 Å². The van der Waals surface area contributed by atoms with Gasteiger partial charge in [0.15, 0.2) is 11.5 Å². The first-order valence-corrected chi connectivity index (χ1v) is 13.1. The van der Waals surface area contributed by atoms with Gasteiger partial charge in [-0.2, -0.15) is 0 Å². The molecule has 198 valence electrons. The Morgan fingerprint density at radius 2 is 1.68 bits per heavy atom. The molecule has 4 rings (SSSR count).